The summed E-state index contributed by atoms with van der Waals surface area (Å²) in [4.78, 5) is 22.2. The first-order chi connectivity index (χ1) is 14.5. The zero-order chi connectivity index (χ0) is 22.5. The van der Waals surface area contributed by atoms with Crippen molar-refractivity contribution in [3.63, 3.8) is 0 Å². The Morgan fingerprint density at radius 2 is 1.13 bits per heavy atom. The van der Waals surface area contributed by atoms with Crippen LogP contribution >= 0.6 is 0 Å². The fourth-order valence-electron chi connectivity index (χ4n) is 4.10. The maximum atomic E-state index is 11.7. The van der Waals surface area contributed by atoms with Gasteiger partial charge in [0.05, 0.1) is 5.41 Å². The van der Waals surface area contributed by atoms with Crippen LogP contribution in [0.15, 0.2) is 12.2 Å². The van der Waals surface area contributed by atoms with E-state index < -0.39 is 17.4 Å². The molecule has 0 saturated heterocycles. The van der Waals surface area contributed by atoms with Crippen LogP contribution in [0.1, 0.15) is 136 Å². The highest BCUT2D eigenvalue weighted by molar-refractivity contribution is 5.74. The van der Waals surface area contributed by atoms with E-state index in [0.29, 0.717) is 6.42 Å². The number of rotatable bonds is 22. The first-order valence-corrected chi connectivity index (χ1v) is 12.6. The minimum absolute atomic E-state index is 0.306. The first kappa shape index (κ1) is 28.7. The number of aliphatic carboxylic acids is 2. The maximum Gasteiger partial charge on any atom is 0.309 e. The average molecular weight is 425 g/mol. The fraction of sp³-hybridized carbons (Fsp3) is 0.846. The Balaban J connectivity index is 3.55. The van der Waals surface area contributed by atoms with Crippen molar-refractivity contribution in [3.05, 3.63) is 12.2 Å². The molecule has 0 aromatic carbocycles. The van der Waals surface area contributed by atoms with Crippen LogP contribution in [0, 0.1) is 5.41 Å². The lowest BCUT2D eigenvalue weighted by molar-refractivity contribution is -0.150. The van der Waals surface area contributed by atoms with Crippen molar-refractivity contribution >= 4 is 11.9 Å². The third kappa shape index (κ3) is 15.5. The quantitative estimate of drug-likeness (QED) is 0.136. The molecule has 4 heteroatoms. The van der Waals surface area contributed by atoms with Gasteiger partial charge < -0.3 is 10.2 Å². The molecule has 2 N–H and O–H groups in total. The summed E-state index contributed by atoms with van der Waals surface area (Å²) in [6, 6.07) is 0. The van der Waals surface area contributed by atoms with Gasteiger partial charge in [-0.15, -0.1) is 0 Å². The van der Waals surface area contributed by atoms with Gasteiger partial charge >= 0.3 is 11.9 Å². The van der Waals surface area contributed by atoms with Crippen LogP contribution in [-0.2, 0) is 9.59 Å². The maximum absolute atomic E-state index is 11.7. The Hall–Kier alpha value is -1.32. The minimum Gasteiger partial charge on any atom is -0.481 e. The highest BCUT2D eigenvalue weighted by Crippen LogP contribution is 2.35. The van der Waals surface area contributed by atoms with E-state index in [2.05, 4.69) is 19.1 Å². The van der Waals surface area contributed by atoms with Crippen LogP contribution in [0.4, 0.5) is 0 Å². The van der Waals surface area contributed by atoms with E-state index >= 15 is 0 Å². The molecule has 0 aromatic rings. The van der Waals surface area contributed by atoms with E-state index in [1.54, 1.807) is 0 Å². The molecule has 0 fully saturated rings. The number of unbranched alkanes of at least 4 members (excludes halogenated alkanes) is 12. The third-order valence-corrected chi connectivity index (χ3v) is 6.34. The molecule has 0 bridgehead atoms. The number of carboxylic acids is 2. The summed E-state index contributed by atoms with van der Waals surface area (Å²) in [5, 5.41) is 18.3. The average Bonchev–Trinajstić information content (AvgIpc) is 2.72. The zero-order valence-electron chi connectivity index (χ0n) is 19.8. The second-order valence-corrected chi connectivity index (χ2v) is 8.87. The van der Waals surface area contributed by atoms with Crippen molar-refractivity contribution in [2.45, 2.75) is 136 Å². The second-order valence-electron chi connectivity index (χ2n) is 8.87. The molecule has 0 rings (SSSR count). The van der Waals surface area contributed by atoms with E-state index in [0.717, 1.165) is 77.0 Å². The minimum atomic E-state index is -0.683. The van der Waals surface area contributed by atoms with Crippen LogP contribution in [0.5, 0.6) is 0 Å². The van der Waals surface area contributed by atoms with Gasteiger partial charge in [0.2, 0.25) is 0 Å². The molecule has 1 unspecified atom stereocenters. The Morgan fingerprint density at radius 1 is 0.667 bits per heavy atom. The van der Waals surface area contributed by atoms with E-state index in [4.69, 9.17) is 5.11 Å². The molecule has 0 amide bonds. The van der Waals surface area contributed by atoms with Crippen LogP contribution in [-0.4, -0.2) is 22.2 Å². The van der Waals surface area contributed by atoms with Crippen LogP contribution < -0.4 is 0 Å². The SMILES string of the molecule is CCCCC(CC)(CCCCCCCCC=CCCCCCCCC(=O)O)C(=O)O. The van der Waals surface area contributed by atoms with E-state index in [-0.39, 0.29) is 0 Å². The molecule has 0 aliphatic rings. The molecule has 0 spiro atoms. The Kier molecular flexibility index (Phi) is 18.8. The summed E-state index contributed by atoms with van der Waals surface area (Å²) in [5.74, 6) is -1.28. The predicted octanol–water partition coefficient (Wildman–Crippen LogP) is 8.15. The van der Waals surface area contributed by atoms with Crippen molar-refractivity contribution in [1.29, 1.82) is 0 Å². The molecule has 0 saturated carbocycles. The molecule has 0 aromatic heterocycles. The summed E-state index contributed by atoms with van der Waals surface area (Å²) in [6.45, 7) is 4.16. The number of carboxylic acid groups (broad SMARTS) is 2. The number of carbonyl (C=O) groups is 2. The standard InChI is InChI=1S/C26H48O4/c1-3-5-22-26(4-2,25(29)30)23-20-18-16-14-12-10-8-6-7-9-11-13-15-17-19-21-24(27)28/h6-7H,3-5,8-23H2,1-2H3,(H,27,28)(H,29,30). The summed E-state index contributed by atoms with van der Waals surface area (Å²) in [5.41, 5.74) is -0.487. The topological polar surface area (TPSA) is 74.6 Å². The molecule has 30 heavy (non-hydrogen) atoms. The molecule has 0 heterocycles. The van der Waals surface area contributed by atoms with Gasteiger partial charge in [-0.2, -0.15) is 0 Å². The summed E-state index contributed by atoms with van der Waals surface area (Å²) in [6.07, 6.45) is 24.3. The van der Waals surface area contributed by atoms with Crippen molar-refractivity contribution in [3.8, 4) is 0 Å². The smallest absolute Gasteiger partial charge is 0.309 e. The van der Waals surface area contributed by atoms with Gasteiger partial charge in [0, 0.05) is 6.42 Å². The lowest BCUT2D eigenvalue weighted by Gasteiger charge is -2.28. The molecular weight excluding hydrogens is 376 g/mol. The lowest BCUT2D eigenvalue weighted by atomic mass is 9.76. The summed E-state index contributed by atoms with van der Waals surface area (Å²) >= 11 is 0. The van der Waals surface area contributed by atoms with Crippen LogP contribution in [0.2, 0.25) is 0 Å². The van der Waals surface area contributed by atoms with Crippen molar-refractivity contribution in [2.24, 2.45) is 5.41 Å². The number of allylic oxidation sites excluding steroid dienone is 2. The summed E-state index contributed by atoms with van der Waals surface area (Å²) < 4.78 is 0. The largest absolute Gasteiger partial charge is 0.481 e. The number of hydrogen-bond donors (Lipinski definition) is 2. The highest BCUT2D eigenvalue weighted by atomic mass is 16.4. The van der Waals surface area contributed by atoms with Crippen molar-refractivity contribution in [2.75, 3.05) is 0 Å². The van der Waals surface area contributed by atoms with Gasteiger partial charge in [0.25, 0.3) is 0 Å². The second kappa shape index (κ2) is 19.6. The normalized spacial score (nSPS) is 13.5. The lowest BCUT2D eigenvalue weighted by Crippen LogP contribution is -2.30. The van der Waals surface area contributed by atoms with Gasteiger partial charge in [-0.05, 0) is 51.4 Å². The van der Waals surface area contributed by atoms with Gasteiger partial charge in [-0.1, -0.05) is 90.2 Å². The van der Waals surface area contributed by atoms with Crippen molar-refractivity contribution in [1.82, 2.24) is 0 Å². The van der Waals surface area contributed by atoms with Crippen molar-refractivity contribution < 1.29 is 19.8 Å². The van der Waals surface area contributed by atoms with Gasteiger partial charge in [-0.25, -0.2) is 0 Å². The van der Waals surface area contributed by atoms with Gasteiger partial charge in [-0.3, -0.25) is 9.59 Å². The summed E-state index contributed by atoms with van der Waals surface area (Å²) in [7, 11) is 0. The molecule has 0 aliphatic carbocycles. The monoisotopic (exact) mass is 424 g/mol. The van der Waals surface area contributed by atoms with E-state index in [1.807, 2.05) is 6.92 Å². The zero-order valence-corrected chi connectivity index (χ0v) is 19.8. The Morgan fingerprint density at radius 3 is 1.60 bits per heavy atom. The highest BCUT2D eigenvalue weighted by Gasteiger charge is 2.35. The van der Waals surface area contributed by atoms with Gasteiger partial charge in [0.15, 0.2) is 0 Å². The fourth-order valence-corrected chi connectivity index (χ4v) is 4.10. The molecular formula is C26H48O4. The Labute approximate surface area is 185 Å². The van der Waals surface area contributed by atoms with Gasteiger partial charge in [0.1, 0.15) is 0 Å². The molecule has 176 valence electrons. The predicted molar refractivity (Wildman–Crippen MR) is 126 cm³/mol. The molecule has 4 nitrogen and oxygen atoms in total. The molecule has 0 radical (unpaired) electrons. The molecule has 0 aliphatic heterocycles. The molecule has 1 atom stereocenters. The van der Waals surface area contributed by atoms with E-state index in [9.17, 15) is 14.7 Å². The van der Waals surface area contributed by atoms with Crippen LogP contribution in [0.25, 0.3) is 0 Å². The van der Waals surface area contributed by atoms with E-state index in [1.165, 1.54) is 38.5 Å². The third-order valence-electron chi connectivity index (χ3n) is 6.34. The number of hydrogen-bond acceptors (Lipinski definition) is 2. The first-order valence-electron chi connectivity index (χ1n) is 12.6. The Bertz CT molecular complexity index is 458. The van der Waals surface area contributed by atoms with Crippen LogP contribution in [0.3, 0.4) is 0 Å².